The van der Waals surface area contributed by atoms with E-state index in [9.17, 15) is 15.0 Å². The number of nitrogens with zero attached hydrogens (tertiary/aromatic N) is 1. The molecule has 2 unspecified atom stereocenters. The summed E-state index contributed by atoms with van der Waals surface area (Å²) in [7, 11) is 0. The maximum absolute atomic E-state index is 12.5. The van der Waals surface area contributed by atoms with Gasteiger partial charge in [-0.3, -0.25) is 5.32 Å². The molecule has 2 atom stereocenters. The third-order valence-electron chi connectivity index (χ3n) is 6.14. The Morgan fingerprint density at radius 2 is 2.15 bits per heavy atom. The number of aryl methyl sites for hydroxylation is 1. The summed E-state index contributed by atoms with van der Waals surface area (Å²) in [5.74, 6) is 0. The van der Waals surface area contributed by atoms with Gasteiger partial charge in [0, 0.05) is 11.6 Å². The lowest BCUT2D eigenvalue weighted by atomic mass is 9.44. The Kier molecular flexibility index (Phi) is 4.25. The number of urea groups is 1. The molecule has 26 heavy (non-hydrogen) atoms. The number of nitrogens with one attached hydrogen (secondary N) is 2. The molecule has 0 radical (unpaired) electrons. The van der Waals surface area contributed by atoms with Gasteiger partial charge < -0.3 is 15.5 Å². The molecule has 2 aromatic rings. The third kappa shape index (κ3) is 2.53. The fourth-order valence-corrected chi connectivity index (χ4v) is 5.28. The number of aromatic nitrogens is 1. The summed E-state index contributed by atoms with van der Waals surface area (Å²) >= 11 is 1.41. The number of rotatable bonds is 4. The van der Waals surface area contributed by atoms with Crippen molar-refractivity contribution >= 4 is 22.5 Å². The number of thiazole rings is 1. The lowest BCUT2D eigenvalue weighted by molar-refractivity contribution is -0.206. The highest BCUT2D eigenvalue weighted by Crippen LogP contribution is 2.61. The normalized spacial score (nSPS) is 26.0. The van der Waals surface area contributed by atoms with E-state index in [-0.39, 0.29) is 18.1 Å². The summed E-state index contributed by atoms with van der Waals surface area (Å²) in [4.78, 5) is 17.8. The first kappa shape index (κ1) is 17.5. The minimum Gasteiger partial charge on any atom is -0.394 e. The number of hydrogen-bond acceptors (Lipinski definition) is 5. The van der Waals surface area contributed by atoms with E-state index < -0.39 is 11.6 Å². The highest BCUT2D eigenvalue weighted by atomic mass is 32.1. The standard InChI is InChI=1S/C19H23N3O3S/c1-12-5-2-3-6-13(12)14-10-20-17(26-14)21-16(25)22-19(11-23)9-15(24)18(19)7-4-8-18/h2-3,5-6,10,15,23-24H,4,7-9,11H2,1H3,(H2,20,21,22,25). The van der Waals surface area contributed by atoms with Crippen LogP contribution in [0.4, 0.5) is 9.93 Å². The molecule has 138 valence electrons. The summed E-state index contributed by atoms with van der Waals surface area (Å²) in [6, 6.07) is 7.66. The van der Waals surface area contributed by atoms with Crippen LogP contribution in [0.15, 0.2) is 30.5 Å². The van der Waals surface area contributed by atoms with E-state index >= 15 is 0 Å². The van der Waals surface area contributed by atoms with Crippen molar-refractivity contribution in [2.24, 2.45) is 5.41 Å². The molecule has 2 fully saturated rings. The van der Waals surface area contributed by atoms with Gasteiger partial charge in [0.25, 0.3) is 0 Å². The Balaban J connectivity index is 1.45. The Morgan fingerprint density at radius 3 is 2.77 bits per heavy atom. The first-order valence-electron chi connectivity index (χ1n) is 8.90. The van der Waals surface area contributed by atoms with Gasteiger partial charge >= 0.3 is 6.03 Å². The van der Waals surface area contributed by atoms with Crippen molar-refractivity contribution in [3.05, 3.63) is 36.0 Å². The maximum Gasteiger partial charge on any atom is 0.321 e. The smallest absolute Gasteiger partial charge is 0.321 e. The second-order valence-corrected chi connectivity index (χ2v) is 8.42. The minimum atomic E-state index is -0.731. The number of benzene rings is 1. The van der Waals surface area contributed by atoms with E-state index in [0.29, 0.717) is 11.6 Å². The molecular weight excluding hydrogens is 350 g/mol. The molecule has 6 nitrogen and oxygen atoms in total. The topological polar surface area (TPSA) is 94.5 Å². The first-order valence-corrected chi connectivity index (χ1v) is 9.71. The van der Waals surface area contributed by atoms with Gasteiger partial charge in [-0.25, -0.2) is 9.78 Å². The minimum absolute atomic E-state index is 0.163. The summed E-state index contributed by atoms with van der Waals surface area (Å²) in [5, 5.41) is 26.2. The largest absolute Gasteiger partial charge is 0.394 e. The molecule has 2 amide bonds. The predicted molar refractivity (Wildman–Crippen MR) is 101 cm³/mol. The van der Waals surface area contributed by atoms with Crippen LogP contribution in [-0.4, -0.2) is 39.5 Å². The second-order valence-electron chi connectivity index (χ2n) is 7.39. The molecule has 2 saturated carbocycles. The van der Waals surface area contributed by atoms with E-state index in [1.807, 2.05) is 31.2 Å². The molecule has 1 heterocycles. The van der Waals surface area contributed by atoms with Crippen LogP contribution in [0.1, 0.15) is 31.2 Å². The van der Waals surface area contributed by atoms with Crippen LogP contribution in [0.2, 0.25) is 0 Å². The Bertz CT molecular complexity index is 833. The average molecular weight is 373 g/mol. The van der Waals surface area contributed by atoms with E-state index in [1.165, 1.54) is 11.3 Å². The molecule has 4 rings (SSSR count). The van der Waals surface area contributed by atoms with E-state index in [2.05, 4.69) is 15.6 Å². The number of aliphatic hydroxyl groups excluding tert-OH is 2. The zero-order valence-electron chi connectivity index (χ0n) is 14.7. The molecule has 0 saturated heterocycles. The van der Waals surface area contributed by atoms with Crippen molar-refractivity contribution < 1.29 is 15.0 Å². The Hall–Kier alpha value is -1.96. The molecule has 4 N–H and O–H groups in total. The fourth-order valence-electron chi connectivity index (χ4n) is 4.37. The molecular formula is C19H23N3O3S. The molecule has 0 bridgehead atoms. The van der Waals surface area contributed by atoms with Crippen LogP contribution < -0.4 is 10.6 Å². The van der Waals surface area contributed by atoms with Crippen LogP contribution >= 0.6 is 11.3 Å². The van der Waals surface area contributed by atoms with Crippen LogP contribution in [0.5, 0.6) is 0 Å². The zero-order valence-corrected chi connectivity index (χ0v) is 15.5. The molecule has 0 aliphatic heterocycles. The van der Waals surface area contributed by atoms with Crippen LogP contribution in [-0.2, 0) is 0 Å². The summed E-state index contributed by atoms with van der Waals surface area (Å²) in [5.41, 5.74) is 1.15. The van der Waals surface area contributed by atoms with Gasteiger partial charge in [0.1, 0.15) is 0 Å². The van der Waals surface area contributed by atoms with Crippen molar-refractivity contribution in [3.63, 3.8) is 0 Å². The fraction of sp³-hybridized carbons (Fsp3) is 0.474. The number of anilines is 1. The second kappa shape index (κ2) is 6.33. The van der Waals surface area contributed by atoms with Crippen molar-refractivity contribution in [1.29, 1.82) is 0 Å². The van der Waals surface area contributed by atoms with Crippen molar-refractivity contribution in [2.45, 2.75) is 44.2 Å². The maximum atomic E-state index is 12.5. The van der Waals surface area contributed by atoms with Gasteiger partial charge in [0.15, 0.2) is 5.13 Å². The zero-order chi connectivity index (χ0) is 18.4. The van der Waals surface area contributed by atoms with Gasteiger partial charge in [-0.2, -0.15) is 0 Å². The number of carbonyl (C=O) groups is 1. The highest BCUT2D eigenvalue weighted by Gasteiger charge is 2.67. The molecule has 2 aliphatic rings. The van der Waals surface area contributed by atoms with Gasteiger partial charge in [-0.15, -0.1) is 0 Å². The Morgan fingerprint density at radius 1 is 1.38 bits per heavy atom. The number of aliphatic hydroxyl groups is 2. The van der Waals surface area contributed by atoms with Crippen molar-refractivity contribution in [2.75, 3.05) is 11.9 Å². The first-order chi connectivity index (χ1) is 12.5. The van der Waals surface area contributed by atoms with Crippen LogP contribution in [0.3, 0.4) is 0 Å². The molecule has 2 aliphatic carbocycles. The van der Waals surface area contributed by atoms with Crippen molar-refractivity contribution in [3.8, 4) is 10.4 Å². The van der Waals surface area contributed by atoms with Crippen LogP contribution in [0.25, 0.3) is 10.4 Å². The van der Waals surface area contributed by atoms with Gasteiger partial charge in [-0.1, -0.05) is 42.0 Å². The average Bonchev–Trinajstić information content (AvgIpc) is 3.00. The van der Waals surface area contributed by atoms with E-state index in [0.717, 1.165) is 35.3 Å². The third-order valence-corrected chi connectivity index (χ3v) is 7.08. The molecule has 7 heteroatoms. The SMILES string of the molecule is Cc1ccccc1-c1cnc(NC(=O)NC2(CO)CC(O)C23CCC3)s1. The lowest BCUT2D eigenvalue weighted by Gasteiger charge is -2.66. The number of hydrogen-bond donors (Lipinski definition) is 4. The summed E-state index contributed by atoms with van der Waals surface area (Å²) < 4.78 is 0. The number of amides is 2. The van der Waals surface area contributed by atoms with Crippen molar-refractivity contribution in [1.82, 2.24) is 10.3 Å². The monoisotopic (exact) mass is 373 g/mol. The predicted octanol–water partition coefficient (Wildman–Crippen LogP) is 2.91. The van der Waals surface area contributed by atoms with Gasteiger partial charge in [-0.05, 0) is 37.3 Å². The quantitative estimate of drug-likeness (QED) is 0.663. The summed E-state index contributed by atoms with van der Waals surface area (Å²) in [6.07, 6.45) is 4.40. The van der Waals surface area contributed by atoms with E-state index in [4.69, 9.17) is 0 Å². The van der Waals surface area contributed by atoms with Crippen LogP contribution in [0, 0.1) is 12.3 Å². The molecule has 1 aromatic carbocycles. The summed E-state index contributed by atoms with van der Waals surface area (Å²) in [6.45, 7) is 1.88. The number of carbonyl (C=O) groups excluding carboxylic acids is 1. The van der Waals surface area contributed by atoms with E-state index in [1.54, 1.807) is 6.20 Å². The van der Waals surface area contributed by atoms with Gasteiger partial charge in [0.05, 0.1) is 23.1 Å². The Labute approximate surface area is 156 Å². The molecule has 1 aromatic heterocycles. The molecule has 1 spiro atoms. The van der Waals surface area contributed by atoms with Gasteiger partial charge in [0.2, 0.25) is 0 Å². The lowest BCUT2D eigenvalue weighted by Crippen LogP contribution is -2.78. The highest BCUT2D eigenvalue weighted by molar-refractivity contribution is 7.19.